The molecule has 110 valence electrons. The number of benzene rings is 1. The van der Waals surface area contributed by atoms with E-state index in [0.29, 0.717) is 12.6 Å². The Kier molecular flexibility index (Phi) is 3.30. The normalized spacial score (nSPS) is 24.1. The van der Waals surface area contributed by atoms with E-state index in [-0.39, 0.29) is 12.4 Å². The molecule has 2 aliphatic rings. The summed E-state index contributed by atoms with van der Waals surface area (Å²) >= 11 is 0. The molecule has 0 spiro atoms. The van der Waals surface area contributed by atoms with Crippen LogP contribution in [0.25, 0.3) is 16.5 Å². The summed E-state index contributed by atoms with van der Waals surface area (Å²) in [5, 5.41) is 10.6. The third-order valence-electron chi connectivity index (χ3n) is 4.59. The molecule has 5 heteroatoms. The second kappa shape index (κ2) is 4.90. The maximum Gasteiger partial charge on any atom is 0.311 e. The molecular formula is C16H17ClN2O2. The van der Waals surface area contributed by atoms with Crippen LogP contribution in [0.1, 0.15) is 11.1 Å². The van der Waals surface area contributed by atoms with Crippen LogP contribution in [0.3, 0.4) is 0 Å². The first-order chi connectivity index (χ1) is 9.65. The monoisotopic (exact) mass is 304 g/mol. The number of hydrogen-bond donors (Lipinski definition) is 2. The highest BCUT2D eigenvalue weighted by Crippen LogP contribution is 2.40. The lowest BCUT2D eigenvalue weighted by molar-refractivity contribution is -0.140. The van der Waals surface area contributed by atoms with E-state index in [9.17, 15) is 9.90 Å². The zero-order chi connectivity index (χ0) is 13.9. The second-order valence-corrected chi connectivity index (χ2v) is 5.77. The van der Waals surface area contributed by atoms with Crippen molar-refractivity contribution in [3.8, 4) is 0 Å². The molecule has 0 radical (unpaired) electrons. The highest BCUT2D eigenvalue weighted by molar-refractivity contribution is 5.99. The Hall–Kier alpha value is -1.78. The van der Waals surface area contributed by atoms with Gasteiger partial charge in [0.25, 0.3) is 0 Å². The quantitative estimate of drug-likeness (QED) is 0.851. The summed E-state index contributed by atoms with van der Waals surface area (Å²) in [7, 11) is 2.02. The molecule has 4 rings (SSSR count). The van der Waals surface area contributed by atoms with Crippen molar-refractivity contribution in [2.45, 2.75) is 12.5 Å². The number of carboxylic acid groups (broad SMARTS) is 1. The Bertz CT molecular complexity index is 750. The molecule has 2 N–H and O–H groups in total. The number of aromatic amines is 1. The molecule has 4 nitrogen and oxygen atoms in total. The number of fused-ring (bicyclic) bond motifs is 2. The first-order valence-corrected chi connectivity index (χ1v) is 6.89. The predicted molar refractivity (Wildman–Crippen MR) is 84.8 cm³/mol. The third kappa shape index (κ3) is 1.98. The number of hydrogen-bond acceptors (Lipinski definition) is 2. The van der Waals surface area contributed by atoms with Gasteiger partial charge in [-0.05, 0) is 36.2 Å². The molecule has 2 aromatic rings. The smallest absolute Gasteiger partial charge is 0.311 e. The van der Waals surface area contributed by atoms with Gasteiger partial charge in [-0.25, -0.2) is 0 Å². The number of aliphatic carboxylic acids is 1. The Balaban J connectivity index is 0.00000132. The van der Waals surface area contributed by atoms with E-state index < -0.39 is 11.9 Å². The molecule has 0 unspecified atom stereocenters. The summed E-state index contributed by atoms with van der Waals surface area (Å²) in [6.07, 6.45) is 4.99. The van der Waals surface area contributed by atoms with E-state index in [4.69, 9.17) is 0 Å². The fourth-order valence-electron chi connectivity index (χ4n) is 3.61. The molecule has 1 aromatic carbocycles. The third-order valence-corrected chi connectivity index (χ3v) is 4.59. The molecule has 1 aromatic heterocycles. The number of nitrogens with one attached hydrogen (secondary N) is 1. The SMILES string of the molecule is CN1C[C@H](C(=O)O)C=C2c3cccc4[nH]cc(c34)C[C@H]21.Cl. The summed E-state index contributed by atoms with van der Waals surface area (Å²) in [5.41, 5.74) is 4.83. The Morgan fingerprint density at radius 3 is 3.00 bits per heavy atom. The number of halogens is 1. The average Bonchev–Trinajstić information content (AvgIpc) is 2.84. The van der Waals surface area contributed by atoms with Crippen molar-refractivity contribution in [3.63, 3.8) is 0 Å². The number of rotatable bonds is 1. The highest BCUT2D eigenvalue weighted by Gasteiger charge is 2.35. The van der Waals surface area contributed by atoms with Crippen LogP contribution in [0.15, 0.2) is 30.5 Å². The first-order valence-electron chi connectivity index (χ1n) is 6.89. The van der Waals surface area contributed by atoms with Crippen molar-refractivity contribution >= 4 is 34.9 Å². The van der Waals surface area contributed by atoms with Crippen molar-refractivity contribution in [2.75, 3.05) is 13.6 Å². The molecular weight excluding hydrogens is 288 g/mol. The number of aromatic nitrogens is 1. The van der Waals surface area contributed by atoms with Gasteiger partial charge < -0.3 is 10.1 Å². The number of carbonyl (C=O) groups is 1. The Labute approximate surface area is 128 Å². The summed E-state index contributed by atoms with van der Waals surface area (Å²) in [6, 6.07) is 6.51. The van der Waals surface area contributed by atoms with E-state index in [0.717, 1.165) is 11.9 Å². The van der Waals surface area contributed by atoms with E-state index in [1.807, 2.05) is 19.2 Å². The Morgan fingerprint density at radius 1 is 1.43 bits per heavy atom. The molecule has 2 heterocycles. The van der Waals surface area contributed by atoms with Crippen LogP contribution in [0.2, 0.25) is 0 Å². The lowest BCUT2D eigenvalue weighted by atomic mass is 9.80. The van der Waals surface area contributed by atoms with Crippen molar-refractivity contribution in [1.82, 2.24) is 9.88 Å². The first kappa shape index (κ1) is 14.2. The van der Waals surface area contributed by atoms with Gasteiger partial charge in [0.15, 0.2) is 0 Å². The van der Waals surface area contributed by atoms with Gasteiger partial charge in [-0.3, -0.25) is 9.69 Å². The van der Waals surface area contributed by atoms with E-state index >= 15 is 0 Å². The number of carboxylic acids is 1. The van der Waals surface area contributed by atoms with Crippen molar-refractivity contribution < 1.29 is 9.90 Å². The molecule has 1 aliphatic carbocycles. The molecule has 0 bridgehead atoms. The maximum absolute atomic E-state index is 11.3. The van der Waals surface area contributed by atoms with Gasteiger partial charge in [-0.2, -0.15) is 0 Å². The van der Waals surface area contributed by atoms with Crippen molar-refractivity contribution in [3.05, 3.63) is 41.6 Å². The minimum absolute atomic E-state index is 0. The summed E-state index contributed by atoms with van der Waals surface area (Å²) in [5.74, 6) is -1.16. The van der Waals surface area contributed by atoms with Crippen LogP contribution in [0.4, 0.5) is 0 Å². The zero-order valence-electron chi connectivity index (χ0n) is 11.7. The second-order valence-electron chi connectivity index (χ2n) is 5.77. The molecule has 0 amide bonds. The minimum atomic E-state index is -0.741. The lowest BCUT2D eigenvalue weighted by Gasteiger charge is -2.38. The fraction of sp³-hybridized carbons (Fsp3) is 0.312. The summed E-state index contributed by atoms with van der Waals surface area (Å²) < 4.78 is 0. The van der Waals surface area contributed by atoms with Gasteiger partial charge >= 0.3 is 5.97 Å². The van der Waals surface area contributed by atoms with E-state index in [2.05, 4.69) is 28.2 Å². The van der Waals surface area contributed by atoms with Gasteiger partial charge in [-0.15, -0.1) is 12.4 Å². The van der Waals surface area contributed by atoms with E-state index in [1.54, 1.807) is 0 Å². The van der Waals surface area contributed by atoms with Gasteiger partial charge in [0.2, 0.25) is 0 Å². The molecule has 2 atom stereocenters. The van der Waals surface area contributed by atoms with E-state index in [1.165, 1.54) is 22.1 Å². The van der Waals surface area contributed by atoms with Gasteiger partial charge in [0.05, 0.1) is 5.92 Å². The van der Waals surface area contributed by atoms with Crippen molar-refractivity contribution in [2.24, 2.45) is 5.92 Å². The average molecular weight is 305 g/mol. The predicted octanol–water partition coefficient (Wildman–Crippen LogP) is 2.54. The van der Waals surface area contributed by atoms with Gasteiger partial charge in [0, 0.05) is 29.7 Å². The number of nitrogens with zero attached hydrogens (tertiary/aromatic N) is 1. The van der Waals surface area contributed by atoms with Crippen LogP contribution in [0, 0.1) is 5.92 Å². The summed E-state index contributed by atoms with van der Waals surface area (Å²) in [4.78, 5) is 16.8. The molecule has 1 aliphatic heterocycles. The minimum Gasteiger partial charge on any atom is -0.481 e. The topological polar surface area (TPSA) is 56.3 Å². The van der Waals surface area contributed by atoms with Crippen molar-refractivity contribution in [1.29, 1.82) is 0 Å². The summed E-state index contributed by atoms with van der Waals surface area (Å²) in [6.45, 7) is 0.583. The van der Waals surface area contributed by atoms with Crippen LogP contribution in [-0.2, 0) is 11.2 Å². The number of likely N-dealkylation sites (N-methyl/N-ethyl adjacent to an activating group) is 1. The fourth-order valence-corrected chi connectivity index (χ4v) is 3.61. The molecule has 0 saturated heterocycles. The van der Waals surface area contributed by atoms with Crippen LogP contribution in [0.5, 0.6) is 0 Å². The zero-order valence-corrected chi connectivity index (χ0v) is 12.5. The largest absolute Gasteiger partial charge is 0.481 e. The Morgan fingerprint density at radius 2 is 2.24 bits per heavy atom. The van der Waals surface area contributed by atoms with Gasteiger partial charge in [0.1, 0.15) is 0 Å². The number of H-pyrrole nitrogens is 1. The van der Waals surface area contributed by atoms with Crippen LogP contribution in [-0.4, -0.2) is 40.6 Å². The van der Waals surface area contributed by atoms with Crippen LogP contribution >= 0.6 is 12.4 Å². The lowest BCUT2D eigenvalue weighted by Crippen LogP contribution is -2.44. The van der Waals surface area contributed by atoms with Crippen LogP contribution < -0.4 is 0 Å². The standard InChI is InChI=1S/C16H16N2O2.ClH/c1-18-8-10(16(19)20)5-12-11-3-2-4-13-15(11)9(7-17-13)6-14(12)18;/h2-5,7,10,14,17H,6,8H2,1H3,(H,19,20);1H/t10-,14-;/m1./s1. The molecule has 0 saturated carbocycles. The molecule has 21 heavy (non-hydrogen) atoms. The molecule has 0 fully saturated rings. The maximum atomic E-state index is 11.3. The highest BCUT2D eigenvalue weighted by atomic mass is 35.5. The van der Waals surface area contributed by atoms with Gasteiger partial charge in [-0.1, -0.05) is 18.2 Å².